The summed E-state index contributed by atoms with van der Waals surface area (Å²) < 4.78 is 12.9. The van der Waals surface area contributed by atoms with Crippen LogP contribution in [0.1, 0.15) is 29.8 Å². The van der Waals surface area contributed by atoms with Crippen LogP contribution in [0.15, 0.2) is 42.7 Å². The third-order valence-corrected chi connectivity index (χ3v) is 4.30. The van der Waals surface area contributed by atoms with Gasteiger partial charge in [-0.1, -0.05) is 44.2 Å². The first-order valence-corrected chi connectivity index (χ1v) is 9.17. The highest BCUT2D eigenvalue weighted by molar-refractivity contribution is 5.88. The van der Waals surface area contributed by atoms with Crippen molar-refractivity contribution in [1.29, 1.82) is 0 Å². The Labute approximate surface area is 154 Å². The van der Waals surface area contributed by atoms with Gasteiger partial charge in [-0.2, -0.15) is 5.10 Å². The molecule has 1 saturated heterocycles. The summed E-state index contributed by atoms with van der Waals surface area (Å²) in [6.45, 7) is 8.79. The molecule has 3 rings (SSSR count). The summed E-state index contributed by atoms with van der Waals surface area (Å²) in [7, 11) is 0. The first-order chi connectivity index (χ1) is 12.6. The minimum atomic E-state index is -0.353. The molecule has 0 spiro atoms. The fraction of sp³-hybridized carbons (Fsp3) is 0.500. The Balaban J connectivity index is 1.48. The van der Waals surface area contributed by atoms with Gasteiger partial charge in [-0.05, 0) is 11.5 Å². The standard InChI is InChI=1S/C20H27N3O3/c1-16(2)11-22-8-9-25-19(14-22)15-26-20(24)18-10-21-23(13-18)12-17-6-4-3-5-7-17/h3-7,10,13,16,19H,8-9,11-12,14-15H2,1-2H3. The third-order valence-electron chi connectivity index (χ3n) is 4.30. The van der Waals surface area contributed by atoms with Gasteiger partial charge >= 0.3 is 5.97 Å². The number of ether oxygens (including phenoxy) is 2. The van der Waals surface area contributed by atoms with Crippen molar-refractivity contribution in [2.24, 2.45) is 5.92 Å². The van der Waals surface area contributed by atoms with Crippen LogP contribution < -0.4 is 0 Å². The van der Waals surface area contributed by atoms with Gasteiger partial charge in [-0.25, -0.2) is 4.79 Å². The average Bonchev–Trinajstić information content (AvgIpc) is 3.09. The molecule has 1 aromatic heterocycles. The zero-order chi connectivity index (χ0) is 18.4. The van der Waals surface area contributed by atoms with Gasteiger partial charge in [0.25, 0.3) is 0 Å². The first kappa shape index (κ1) is 18.6. The van der Waals surface area contributed by atoms with Crippen molar-refractivity contribution in [2.45, 2.75) is 26.5 Å². The molecule has 0 bridgehead atoms. The SMILES string of the molecule is CC(C)CN1CCOC(COC(=O)c2cnn(Cc3ccccc3)c2)C1. The van der Waals surface area contributed by atoms with E-state index in [2.05, 4.69) is 23.8 Å². The molecule has 1 fully saturated rings. The summed E-state index contributed by atoms with van der Waals surface area (Å²) in [6, 6.07) is 10.0. The molecule has 1 unspecified atom stereocenters. The number of hydrogen-bond acceptors (Lipinski definition) is 5. The summed E-state index contributed by atoms with van der Waals surface area (Å²) in [5.74, 6) is 0.264. The van der Waals surface area contributed by atoms with E-state index in [4.69, 9.17) is 9.47 Å². The van der Waals surface area contributed by atoms with Crippen LogP contribution in [0.2, 0.25) is 0 Å². The van der Waals surface area contributed by atoms with Gasteiger partial charge in [0.15, 0.2) is 0 Å². The third kappa shape index (κ3) is 5.41. The number of aromatic nitrogens is 2. The maximum atomic E-state index is 12.3. The number of nitrogens with zero attached hydrogens (tertiary/aromatic N) is 3. The molecule has 0 N–H and O–H groups in total. The number of benzene rings is 1. The van der Waals surface area contributed by atoms with Gasteiger partial charge in [0.1, 0.15) is 12.7 Å². The molecule has 140 valence electrons. The Morgan fingerprint density at radius 3 is 2.92 bits per heavy atom. The fourth-order valence-electron chi connectivity index (χ4n) is 3.14. The van der Waals surface area contributed by atoms with E-state index < -0.39 is 0 Å². The molecule has 6 heteroatoms. The van der Waals surface area contributed by atoms with E-state index in [-0.39, 0.29) is 18.7 Å². The summed E-state index contributed by atoms with van der Waals surface area (Å²) in [4.78, 5) is 14.6. The van der Waals surface area contributed by atoms with Crippen molar-refractivity contribution in [3.63, 3.8) is 0 Å². The maximum Gasteiger partial charge on any atom is 0.341 e. The topological polar surface area (TPSA) is 56.6 Å². The van der Waals surface area contributed by atoms with Crippen molar-refractivity contribution in [3.05, 3.63) is 53.9 Å². The van der Waals surface area contributed by atoms with Crippen LogP contribution in [0, 0.1) is 5.92 Å². The smallest absolute Gasteiger partial charge is 0.341 e. The first-order valence-electron chi connectivity index (χ1n) is 9.17. The van der Waals surface area contributed by atoms with E-state index in [1.165, 1.54) is 0 Å². The van der Waals surface area contributed by atoms with Crippen LogP contribution in [0.3, 0.4) is 0 Å². The lowest BCUT2D eigenvalue weighted by atomic mass is 10.2. The molecule has 2 aromatic rings. The van der Waals surface area contributed by atoms with Gasteiger partial charge in [0, 0.05) is 25.8 Å². The molecule has 1 aliphatic heterocycles. The number of hydrogen-bond donors (Lipinski definition) is 0. The van der Waals surface area contributed by atoms with Gasteiger partial charge < -0.3 is 9.47 Å². The van der Waals surface area contributed by atoms with Crippen LogP contribution in [0.25, 0.3) is 0 Å². The van der Waals surface area contributed by atoms with E-state index in [1.54, 1.807) is 17.1 Å². The highest BCUT2D eigenvalue weighted by Gasteiger charge is 2.22. The summed E-state index contributed by atoms with van der Waals surface area (Å²) in [6.07, 6.45) is 3.21. The quantitative estimate of drug-likeness (QED) is 0.713. The lowest BCUT2D eigenvalue weighted by Gasteiger charge is -2.33. The number of carbonyl (C=O) groups excluding carboxylic acids is 1. The monoisotopic (exact) mass is 357 g/mol. The maximum absolute atomic E-state index is 12.3. The molecule has 1 aromatic carbocycles. The number of carbonyl (C=O) groups is 1. The highest BCUT2D eigenvalue weighted by atomic mass is 16.6. The zero-order valence-corrected chi connectivity index (χ0v) is 15.5. The molecule has 26 heavy (non-hydrogen) atoms. The van der Waals surface area contributed by atoms with Crippen LogP contribution in [0.5, 0.6) is 0 Å². The molecule has 0 radical (unpaired) electrons. The summed E-state index contributed by atoms with van der Waals surface area (Å²) in [5, 5.41) is 4.25. The van der Waals surface area contributed by atoms with Crippen molar-refractivity contribution in [1.82, 2.24) is 14.7 Å². The van der Waals surface area contributed by atoms with E-state index >= 15 is 0 Å². The van der Waals surface area contributed by atoms with E-state index in [0.717, 1.165) is 25.2 Å². The predicted molar refractivity (Wildman–Crippen MR) is 99.1 cm³/mol. The van der Waals surface area contributed by atoms with Gasteiger partial charge in [-0.3, -0.25) is 9.58 Å². The van der Waals surface area contributed by atoms with Gasteiger partial charge in [0.05, 0.1) is 24.9 Å². The molecule has 6 nitrogen and oxygen atoms in total. The minimum absolute atomic E-state index is 0.0641. The Hall–Kier alpha value is -2.18. The normalized spacial score (nSPS) is 18.2. The molecule has 0 saturated carbocycles. The Morgan fingerprint density at radius 1 is 1.35 bits per heavy atom. The molecule has 0 amide bonds. The molecule has 2 heterocycles. The number of esters is 1. The molecule has 0 aliphatic carbocycles. The zero-order valence-electron chi connectivity index (χ0n) is 15.5. The van der Waals surface area contributed by atoms with Gasteiger partial charge in [-0.15, -0.1) is 0 Å². The summed E-state index contributed by atoms with van der Waals surface area (Å²) >= 11 is 0. The molecule has 1 atom stereocenters. The van der Waals surface area contributed by atoms with E-state index in [0.29, 0.717) is 24.6 Å². The van der Waals surface area contributed by atoms with Crippen molar-refractivity contribution >= 4 is 5.97 Å². The summed E-state index contributed by atoms with van der Waals surface area (Å²) in [5.41, 5.74) is 1.60. The van der Waals surface area contributed by atoms with Crippen molar-refractivity contribution < 1.29 is 14.3 Å². The molecule has 1 aliphatic rings. The largest absolute Gasteiger partial charge is 0.459 e. The Morgan fingerprint density at radius 2 is 2.15 bits per heavy atom. The minimum Gasteiger partial charge on any atom is -0.459 e. The van der Waals surface area contributed by atoms with E-state index in [9.17, 15) is 4.79 Å². The van der Waals surface area contributed by atoms with Crippen LogP contribution in [-0.2, 0) is 16.0 Å². The Bertz CT molecular complexity index is 699. The van der Waals surface area contributed by atoms with E-state index in [1.807, 2.05) is 30.3 Å². The second-order valence-electron chi connectivity index (χ2n) is 7.16. The van der Waals surface area contributed by atoms with Crippen LogP contribution in [-0.4, -0.2) is 59.6 Å². The number of morpholine rings is 1. The lowest BCUT2D eigenvalue weighted by Crippen LogP contribution is -2.45. The fourth-order valence-corrected chi connectivity index (χ4v) is 3.14. The molecular formula is C20H27N3O3. The Kier molecular flexibility index (Phi) is 6.41. The van der Waals surface area contributed by atoms with Crippen molar-refractivity contribution in [2.75, 3.05) is 32.8 Å². The number of rotatable bonds is 7. The highest BCUT2D eigenvalue weighted by Crippen LogP contribution is 2.10. The second kappa shape index (κ2) is 8.96. The predicted octanol–water partition coefficient (Wildman–Crippen LogP) is 2.45. The van der Waals surface area contributed by atoms with Crippen LogP contribution >= 0.6 is 0 Å². The second-order valence-corrected chi connectivity index (χ2v) is 7.16. The molecular weight excluding hydrogens is 330 g/mol. The van der Waals surface area contributed by atoms with Crippen molar-refractivity contribution in [3.8, 4) is 0 Å². The lowest BCUT2D eigenvalue weighted by molar-refractivity contribution is -0.0612. The van der Waals surface area contributed by atoms with Gasteiger partial charge in [0.2, 0.25) is 0 Å². The average molecular weight is 357 g/mol. The van der Waals surface area contributed by atoms with Crippen LogP contribution in [0.4, 0.5) is 0 Å².